The van der Waals surface area contributed by atoms with Crippen molar-refractivity contribution in [2.45, 2.75) is 39.8 Å². The molecule has 0 spiro atoms. The summed E-state index contributed by atoms with van der Waals surface area (Å²) in [5.74, 6) is 0.0225. The van der Waals surface area contributed by atoms with E-state index in [0.717, 1.165) is 69.1 Å². The highest BCUT2D eigenvalue weighted by atomic mass is 35.5. The number of halogens is 1. The quantitative estimate of drug-likeness (QED) is 0.667. The maximum Gasteiger partial charge on any atom is 0.246 e. The van der Waals surface area contributed by atoms with Gasteiger partial charge in [-0.25, -0.2) is 0 Å². The lowest BCUT2D eigenvalue weighted by molar-refractivity contribution is -0.127. The Labute approximate surface area is 171 Å². The molecule has 0 radical (unpaired) electrons. The molecule has 0 N–H and O–H groups in total. The van der Waals surface area contributed by atoms with Crippen molar-refractivity contribution in [2.75, 3.05) is 26.2 Å². The van der Waals surface area contributed by atoms with Gasteiger partial charge in [0.2, 0.25) is 5.91 Å². The number of pyridine rings is 1. The summed E-state index contributed by atoms with van der Waals surface area (Å²) in [6, 6.07) is 5.96. The van der Waals surface area contributed by atoms with Gasteiger partial charge in [-0.3, -0.25) is 19.4 Å². The van der Waals surface area contributed by atoms with Gasteiger partial charge in [-0.1, -0.05) is 31.0 Å². The zero-order chi connectivity index (χ0) is 19.9. The molecule has 7 heteroatoms. The number of aromatic nitrogens is 3. The lowest BCUT2D eigenvalue weighted by Crippen LogP contribution is -2.47. The number of piperazine rings is 1. The third-order valence-corrected chi connectivity index (χ3v) is 5.42. The van der Waals surface area contributed by atoms with Crippen LogP contribution in [0.4, 0.5) is 0 Å². The summed E-state index contributed by atoms with van der Waals surface area (Å²) in [6.45, 7) is 8.84. The zero-order valence-electron chi connectivity index (χ0n) is 16.6. The first kappa shape index (κ1) is 20.6. The van der Waals surface area contributed by atoms with Crippen LogP contribution in [0.2, 0.25) is 5.15 Å². The number of rotatable bonds is 7. The normalized spacial score (nSPS) is 15.5. The van der Waals surface area contributed by atoms with E-state index >= 15 is 0 Å². The number of carbonyl (C=O) groups is 1. The third-order valence-electron chi connectivity index (χ3n) is 5.02. The van der Waals surface area contributed by atoms with Gasteiger partial charge in [-0.05, 0) is 31.6 Å². The Morgan fingerprint density at radius 2 is 2.04 bits per heavy atom. The van der Waals surface area contributed by atoms with Crippen LogP contribution in [-0.4, -0.2) is 56.7 Å². The number of aryl methyl sites for hydroxylation is 2. The molecule has 6 nitrogen and oxygen atoms in total. The number of amides is 1. The summed E-state index contributed by atoms with van der Waals surface area (Å²) in [6.07, 6.45) is 7.36. The molecule has 0 bridgehead atoms. The topological polar surface area (TPSA) is 54.3 Å². The second-order valence-electron chi connectivity index (χ2n) is 7.12. The van der Waals surface area contributed by atoms with E-state index in [2.05, 4.69) is 21.9 Å². The monoisotopic (exact) mass is 401 g/mol. The van der Waals surface area contributed by atoms with Gasteiger partial charge in [0, 0.05) is 57.1 Å². The standard InChI is InChI=1S/C21H28ClN5O/c1-3-4-11-27-21(22)19(17(2)24-27)8-9-20(28)26-14-12-25(13-15-26)16-18-7-5-6-10-23-18/h5-10H,3-4,11-16H2,1-2H3/b9-8+. The molecule has 0 aromatic carbocycles. The van der Waals surface area contributed by atoms with E-state index in [-0.39, 0.29) is 5.91 Å². The maximum atomic E-state index is 12.6. The molecule has 0 unspecified atom stereocenters. The maximum absolute atomic E-state index is 12.6. The van der Waals surface area contributed by atoms with Crippen molar-refractivity contribution in [1.82, 2.24) is 24.6 Å². The highest BCUT2D eigenvalue weighted by Crippen LogP contribution is 2.22. The molecular weight excluding hydrogens is 374 g/mol. The fraction of sp³-hybridized carbons (Fsp3) is 0.476. The molecule has 2 aromatic heterocycles. The fourth-order valence-electron chi connectivity index (χ4n) is 3.32. The van der Waals surface area contributed by atoms with Crippen LogP contribution in [0.15, 0.2) is 30.5 Å². The van der Waals surface area contributed by atoms with Crippen molar-refractivity contribution in [2.24, 2.45) is 0 Å². The van der Waals surface area contributed by atoms with Crippen molar-refractivity contribution in [1.29, 1.82) is 0 Å². The highest BCUT2D eigenvalue weighted by molar-refractivity contribution is 6.31. The molecule has 1 aliphatic heterocycles. The molecule has 28 heavy (non-hydrogen) atoms. The van der Waals surface area contributed by atoms with Crippen LogP contribution in [0.25, 0.3) is 6.08 Å². The van der Waals surface area contributed by atoms with Gasteiger partial charge in [0.1, 0.15) is 5.15 Å². The summed E-state index contributed by atoms with van der Waals surface area (Å²) in [4.78, 5) is 21.2. The summed E-state index contributed by atoms with van der Waals surface area (Å²) in [5, 5.41) is 5.09. The summed E-state index contributed by atoms with van der Waals surface area (Å²) in [5.41, 5.74) is 2.75. The van der Waals surface area contributed by atoms with E-state index < -0.39 is 0 Å². The molecule has 0 saturated carbocycles. The van der Waals surface area contributed by atoms with Crippen molar-refractivity contribution < 1.29 is 4.79 Å². The van der Waals surface area contributed by atoms with Crippen LogP contribution < -0.4 is 0 Å². The average Bonchev–Trinajstić information content (AvgIpc) is 2.98. The van der Waals surface area contributed by atoms with E-state index in [1.807, 2.05) is 40.9 Å². The predicted molar refractivity (Wildman–Crippen MR) is 112 cm³/mol. The summed E-state index contributed by atoms with van der Waals surface area (Å²) < 4.78 is 1.82. The minimum atomic E-state index is 0.0225. The number of hydrogen-bond acceptors (Lipinski definition) is 4. The molecule has 150 valence electrons. The van der Waals surface area contributed by atoms with Crippen molar-refractivity contribution in [3.05, 3.63) is 52.6 Å². The Morgan fingerprint density at radius 3 is 2.71 bits per heavy atom. The Morgan fingerprint density at radius 1 is 1.25 bits per heavy atom. The van der Waals surface area contributed by atoms with E-state index in [0.29, 0.717) is 5.15 Å². The minimum absolute atomic E-state index is 0.0225. The van der Waals surface area contributed by atoms with Gasteiger partial charge in [-0.15, -0.1) is 0 Å². The van der Waals surface area contributed by atoms with Crippen LogP contribution in [0.3, 0.4) is 0 Å². The Hall–Kier alpha value is -2.18. The Bertz CT molecular complexity index is 810. The second-order valence-corrected chi connectivity index (χ2v) is 7.48. The first-order valence-corrected chi connectivity index (χ1v) is 10.3. The van der Waals surface area contributed by atoms with E-state index in [9.17, 15) is 4.79 Å². The number of unbranched alkanes of at least 4 members (excludes halogenated alkanes) is 1. The molecule has 3 heterocycles. The van der Waals surface area contributed by atoms with Crippen LogP contribution in [0.5, 0.6) is 0 Å². The summed E-state index contributed by atoms with van der Waals surface area (Å²) in [7, 11) is 0. The SMILES string of the molecule is CCCCn1nc(C)c(/C=C/C(=O)N2CCN(Cc3ccccn3)CC2)c1Cl. The molecule has 2 aromatic rings. The zero-order valence-corrected chi connectivity index (χ0v) is 17.4. The van der Waals surface area contributed by atoms with Gasteiger partial charge in [0.05, 0.1) is 11.4 Å². The van der Waals surface area contributed by atoms with Gasteiger partial charge in [0.15, 0.2) is 0 Å². The largest absolute Gasteiger partial charge is 0.337 e. The molecule has 1 fully saturated rings. The first-order chi connectivity index (χ1) is 13.6. The molecular formula is C21H28ClN5O. The number of nitrogens with zero attached hydrogens (tertiary/aromatic N) is 5. The fourth-order valence-corrected chi connectivity index (χ4v) is 3.64. The van der Waals surface area contributed by atoms with Gasteiger partial charge in [-0.2, -0.15) is 5.10 Å². The molecule has 1 amide bonds. The van der Waals surface area contributed by atoms with Crippen LogP contribution in [0.1, 0.15) is 36.7 Å². The lowest BCUT2D eigenvalue weighted by Gasteiger charge is -2.34. The minimum Gasteiger partial charge on any atom is -0.337 e. The van der Waals surface area contributed by atoms with Crippen LogP contribution >= 0.6 is 11.6 Å². The lowest BCUT2D eigenvalue weighted by atomic mass is 10.2. The Kier molecular flexibility index (Phi) is 7.23. The van der Waals surface area contributed by atoms with Gasteiger partial charge >= 0.3 is 0 Å². The molecule has 0 atom stereocenters. The molecule has 1 saturated heterocycles. The number of carbonyl (C=O) groups excluding carboxylic acids is 1. The third kappa shape index (κ3) is 5.20. The summed E-state index contributed by atoms with van der Waals surface area (Å²) >= 11 is 6.44. The predicted octanol–water partition coefficient (Wildman–Crippen LogP) is 3.40. The van der Waals surface area contributed by atoms with Crippen LogP contribution in [-0.2, 0) is 17.9 Å². The van der Waals surface area contributed by atoms with Crippen LogP contribution in [0, 0.1) is 6.92 Å². The molecule has 0 aliphatic carbocycles. The highest BCUT2D eigenvalue weighted by Gasteiger charge is 2.20. The first-order valence-electron chi connectivity index (χ1n) is 9.90. The van der Waals surface area contributed by atoms with E-state index in [1.165, 1.54) is 0 Å². The van der Waals surface area contributed by atoms with Gasteiger partial charge < -0.3 is 4.90 Å². The second kappa shape index (κ2) is 9.85. The van der Waals surface area contributed by atoms with Gasteiger partial charge in [0.25, 0.3) is 0 Å². The van der Waals surface area contributed by atoms with E-state index in [1.54, 1.807) is 12.2 Å². The molecule has 3 rings (SSSR count). The number of hydrogen-bond donors (Lipinski definition) is 0. The average molecular weight is 402 g/mol. The van der Waals surface area contributed by atoms with Crippen molar-refractivity contribution >= 4 is 23.6 Å². The molecule has 1 aliphatic rings. The smallest absolute Gasteiger partial charge is 0.246 e. The van der Waals surface area contributed by atoms with Crippen molar-refractivity contribution in [3.8, 4) is 0 Å². The Balaban J connectivity index is 1.54. The van der Waals surface area contributed by atoms with Crippen molar-refractivity contribution in [3.63, 3.8) is 0 Å². The van der Waals surface area contributed by atoms with E-state index in [4.69, 9.17) is 11.6 Å².